The van der Waals surface area contributed by atoms with Crippen LogP contribution in [0.4, 0.5) is 0 Å². The van der Waals surface area contributed by atoms with Gasteiger partial charge in [0.2, 0.25) is 0 Å². The molecule has 1 heterocycles. The van der Waals surface area contributed by atoms with Gasteiger partial charge in [0.05, 0.1) is 20.3 Å². The van der Waals surface area contributed by atoms with Crippen LogP contribution in [0.15, 0.2) is 28.4 Å². The Kier molecular flexibility index (Phi) is 9.52. The van der Waals surface area contributed by atoms with Crippen molar-refractivity contribution in [1.29, 1.82) is 0 Å². The van der Waals surface area contributed by atoms with Gasteiger partial charge in [-0.15, -0.1) is 0 Å². The van der Waals surface area contributed by atoms with Gasteiger partial charge in [-0.3, -0.25) is 0 Å². The average molecular weight is 544 g/mol. The van der Waals surface area contributed by atoms with Crippen LogP contribution in [0, 0.1) is 0 Å². The number of benzene rings is 1. The van der Waals surface area contributed by atoms with Gasteiger partial charge in [0.1, 0.15) is 29.3 Å². The number of aldehydes is 1. The second-order valence-corrected chi connectivity index (χ2v) is 8.24. The van der Waals surface area contributed by atoms with Crippen molar-refractivity contribution in [3.8, 4) is 11.5 Å². The molecule has 31 heavy (non-hydrogen) atoms. The fourth-order valence-corrected chi connectivity index (χ4v) is 3.56. The Morgan fingerprint density at radius 2 is 1.97 bits per heavy atom. The molecule has 1 aromatic carbocycles. The normalized spacial score (nSPS) is 21.4. The van der Waals surface area contributed by atoms with E-state index in [4.69, 9.17) is 23.7 Å². The molecule has 1 aliphatic heterocycles. The van der Waals surface area contributed by atoms with Gasteiger partial charge in [-0.05, 0) is 42.9 Å². The molecule has 0 spiro atoms. The SMILES string of the molecule is COc1cc(/C=C/C[C@@H]2OC(C)(C)O[C@@H]2C=O)c(C(=O)O[C@@H](C)C/C=C\I)c(OC)c1. The lowest BCUT2D eigenvalue weighted by Crippen LogP contribution is -2.23. The van der Waals surface area contributed by atoms with Gasteiger partial charge in [0.15, 0.2) is 12.1 Å². The van der Waals surface area contributed by atoms with Gasteiger partial charge in [-0.25, -0.2) is 4.79 Å². The zero-order chi connectivity index (χ0) is 23.0. The van der Waals surface area contributed by atoms with E-state index in [0.717, 1.165) is 6.29 Å². The number of halogens is 1. The Bertz CT molecular complexity index is 831. The first-order valence-corrected chi connectivity index (χ1v) is 11.2. The molecule has 0 unspecified atom stereocenters. The monoisotopic (exact) mass is 544 g/mol. The second kappa shape index (κ2) is 11.6. The fraction of sp³-hybridized carbons (Fsp3) is 0.478. The summed E-state index contributed by atoms with van der Waals surface area (Å²) in [7, 11) is 3.03. The van der Waals surface area contributed by atoms with E-state index in [2.05, 4.69) is 22.6 Å². The lowest BCUT2D eigenvalue weighted by molar-refractivity contribution is -0.149. The molecule has 0 amide bonds. The maximum absolute atomic E-state index is 12.9. The summed E-state index contributed by atoms with van der Waals surface area (Å²) in [5, 5.41) is 0. The molecule has 0 N–H and O–H groups in total. The summed E-state index contributed by atoms with van der Waals surface area (Å²) in [6, 6.07) is 3.38. The number of methoxy groups -OCH3 is 2. The lowest BCUT2D eigenvalue weighted by Gasteiger charge is -2.17. The van der Waals surface area contributed by atoms with Crippen molar-refractivity contribution in [2.45, 2.75) is 57.7 Å². The zero-order valence-corrected chi connectivity index (χ0v) is 20.6. The van der Waals surface area contributed by atoms with Crippen LogP contribution in [0.3, 0.4) is 0 Å². The van der Waals surface area contributed by atoms with Crippen LogP contribution in [-0.4, -0.2) is 50.6 Å². The first kappa shape index (κ1) is 25.4. The highest BCUT2D eigenvalue weighted by Gasteiger charge is 2.40. The van der Waals surface area contributed by atoms with Crippen LogP contribution in [0.5, 0.6) is 11.5 Å². The highest BCUT2D eigenvalue weighted by molar-refractivity contribution is 14.1. The molecule has 1 aliphatic rings. The number of hydrogen-bond acceptors (Lipinski definition) is 7. The van der Waals surface area contributed by atoms with Gasteiger partial charge >= 0.3 is 5.97 Å². The maximum atomic E-state index is 12.9. The van der Waals surface area contributed by atoms with Crippen molar-refractivity contribution in [3.63, 3.8) is 0 Å². The van der Waals surface area contributed by atoms with Crippen LogP contribution in [0.2, 0.25) is 0 Å². The molecular formula is C23H29IO7. The predicted octanol–water partition coefficient (Wildman–Crippen LogP) is 4.71. The molecule has 170 valence electrons. The minimum atomic E-state index is -0.819. The molecule has 8 heteroatoms. The minimum absolute atomic E-state index is 0.290. The van der Waals surface area contributed by atoms with Crippen molar-refractivity contribution < 1.29 is 33.3 Å². The van der Waals surface area contributed by atoms with E-state index in [9.17, 15) is 9.59 Å². The van der Waals surface area contributed by atoms with Gasteiger partial charge in [-0.1, -0.05) is 40.8 Å². The smallest absolute Gasteiger partial charge is 0.342 e. The topological polar surface area (TPSA) is 80.3 Å². The Balaban J connectivity index is 2.29. The van der Waals surface area contributed by atoms with E-state index in [-0.39, 0.29) is 6.10 Å². The lowest BCUT2D eigenvalue weighted by atomic mass is 10.0. The van der Waals surface area contributed by atoms with Gasteiger partial charge in [-0.2, -0.15) is 0 Å². The van der Waals surface area contributed by atoms with Gasteiger partial charge in [0.25, 0.3) is 0 Å². The summed E-state index contributed by atoms with van der Waals surface area (Å²) in [5.74, 6) is -0.407. The molecule has 0 bridgehead atoms. The third-order valence-electron chi connectivity index (χ3n) is 4.65. The summed E-state index contributed by atoms with van der Waals surface area (Å²) >= 11 is 2.12. The Hall–Kier alpha value is -1.91. The number of carbonyl (C=O) groups is 2. The van der Waals surface area contributed by atoms with Crippen molar-refractivity contribution in [3.05, 3.63) is 39.5 Å². The van der Waals surface area contributed by atoms with E-state index in [0.29, 0.717) is 35.5 Å². The van der Waals surface area contributed by atoms with Crippen LogP contribution in [0.1, 0.15) is 49.5 Å². The number of ether oxygens (including phenoxy) is 5. The predicted molar refractivity (Wildman–Crippen MR) is 126 cm³/mol. The zero-order valence-electron chi connectivity index (χ0n) is 18.4. The van der Waals surface area contributed by atoms with E-state index in [1.54, 1.807) is 39.2 Å². The molecular weight excluding hydrogens is 515 g/mol. The Morgan fingerprint density at radius 3 is 2.58 bits per heavy atom. The summed E-state index contributed by atoms with van der Waals surface area (Å²) in [4.78, 5) is 24.2. The molecule has 0 radical (unpaired) electrons. The van der Waals surface area contributed by atoms with Crippen LogP contribution >= 0.6 is 22.6 Å². The van der Waals surface area contributed by atoms with Crippen molar-refractivity contribution in [2.24, 2.45) is 0 Å². The number of carbonyl (C=O) groups excluding carboxylic acids is 2. The van der Waals surface area contributed by atoms with Crippen LogP contribution in [-0.2, 0) is 19.0 Å². The molecule has 0 aliphatic carbocycles. The summed E-state index contributed by atoms with van der Waals surface area (Å²) in [6.07, 6.45) is 5.98. The summed E-state index contributed by atoms with van der Waals surface area (Å²) < 4.78 is 29.6. The quantitative estimate of drug-likeness (QED) is 0.240. The summed E-state index contributed by atoms with van der Waals surface area (Å²) in [6.45, 7) is 5.37. The molecule has 1 aromatic rings. The van der Waals surface area contributed by atoms with Crippen LogP contribution in [0.25, 0.3) is 6.08 Å². The molecule has 2 rings (SSSR count). The summed E-state index contributed by atoms with van der Waals surface area (Å²) in [5.41, 5.74) is 0.888. The minimum Gasteiger partial charge on any atom is -0.497 e. The van der Waals surface area contributed by atoms with Gasteiger partial charge in [0, 0.05) is 12.5 Å². The third-order valence-corrected chi connectivity index (χ3v) is 5.16. The Labute approximate surface area is 196 Å². The maximum Gasteiger partial charge on any atom is 0.342 e. The first-order chi connectivity index (χ1) is 14.7. The van der Waals surface area contributed by atoms with Crippen molar-refractivity contribution in [2.75, 3.05) is 14.2 Å². The molecule has 1 fully saturated rings. The Morgan fingerprint density at radius 1 is 1.23 bits per heavy atom. The molecule has 0 saturated carbocycles. The molecule has 7 nitrogen and oxygen atoms in total. The largest absolute Gasteiger partial charge is 0.497 e. The first-order valence-electron chi connectivity index (χ1n) is 9.94. The average Bonchev–Trinajstić information content (AvgIpc) is 3.04. The van der Waals surface area contributed by atoms with Crippen molar-refractivity contribution in [1.82, 2.24) is 0 Å². The molecule has 3 atom stereocenters. The highest BCUT2D eigenvalue weighted by atomic mass is 127. The second-order valence-electron chi connectivity index (χ2n) is 7.52. The van der Waals surface area contributed by atoms with E-state index in [1.807, 2.05) is 23.2 Å². The number of hydrogen-bond donors (Lipinski definition) is 0. The van der Waals surface area contributed by atoms with Crippen molar-refractivity contribution >= 4 is 40.9 Å². The van der Waals surface area contributed by atoms with Crippen LogP contribution < -0.4 is 9.47 Å². The van der Waals surface area contributed by atoms with E-state index >= 15 is 0 Å². The molecule has 0 aromatic heterocycles. The third kappa shape index (κ3) is 7.05. The standard InChI is InChI=1S/C23H29IO7/c1-15(8-7-11-24)29-22(26)21-16(12-17(27-4)13-19(21)28-5)9-6-10-18-20(14-25)31-23(2,3)30-18/h6-7,9,11-15,18,20H,8,10H2,1-5H3/b9-6+,11-7-/t15-,18-,20+/m0/s1. The molecule has 1 saturated heterocycles. The van der Waals surface area contributed by atoms with E-state index in [1.165, 1.54) is 7.11 Å². The fourth-order valence-electron chi connectivity index (χ4n) is 3.26. The van der Waals surface area contributed by atoms with Gasteiger partial charge < -0.3 is 28.5 Å². The highest BCUT2D eigenvalue weighted by Crippen LogP contribution is 2.32. The van der Waals surface area contributed by atoms with E-state index < -0.39 is 24.0 Å². The number of rotatable bonds is 10. The number of esters is 1.